The topological polar surface area (TPSA) is 18.5 Å². The Kier molecular flexibility index (Phi) is 7.20. The van der Waals surface area contributed by atoms with Gasteiger partial charge in [-0.15, -0.1) is 0 Å². The fourth-order valence-electron chi connectivity index (χ4n) is 1.09. The minimum Gasteiger partial charge on any atom is -0.231 e. The van der Waals surface area contributed by atoms with Crippen molar-refractivity contribution < 1.29 is 9.78 Å². The third-order valence-corrected chi connectivity index (χ3v) is 2.00. The molecule has 0 aliphatic heterocycles. The summed E-state index contributed by atoms with van der Waals surface area (Å²) >= 11 is 0. The van der Waals surface area contributed by atoms with Gasteiger partial charge in [-0.25, -0.2) is 9.78 Å². The molecule has 0 fully saturated rings. The maximum atomic E-state index is 5.19. The van der Waals surface area contributed by atoms with E-state index >= 15 is 0 Å². The van der Waals surface area contributed by atoms with E-state index in [9.17, 15) is 0 Å². The number of rotatable bonds is 7. The van der Waals surface area contributed by atoms with Crippen molar-refractivity contribution in [3.05, 3.63) is 6.61 Å². The Morgan fingerprint density at radius 2 is 1.86 bits per heavy atom. The van der Waals surface area contributed by atoms with Crippen molar-refractivity contribution in [3.8, 4) is 0 Å². The Balaban J connectivity index is 3.52. The first-order chi connectivity index (χ1) is 6.49. The second-order valence-electron chi connectivity index (χ2n) is 4.74. The quantitative estimate of drug-likeness (QED) is 0.456. The minimum atomic E-state index is -0.223. The van der Waals surface area contributed by atoms with Gasteiger partial charge in [0.15, 0.2) is 0 Å². The Labute approximate surface area is 88.9 Å². The zero-order chi connectivity index (χ0) is 11.0. The summed E-state index contributed by atoms with van der Waals surface area (Å²) in [6.07, 6.45) is 4.81. The van der Waals surface area contributed by atoms with Gasteiger partial charge >= 0.3 is 0 Å². The SMILES string of the molecule is CCCCC([CH]OOC(C)(C)C)CC. The second kappa shape index (κ2) is 7.24. The van der Waals surface area contributed by atoms with Crippen LogP contribution in [0, 0.1) is 12.5 Å². The highest BCUT2D eigenvalue weighted by atomic mass is 17.2. The van der Waals surface area contributed by atoms with Gasteiger partial charge in [-0.3, -0.25) is 0 Å². The van der Waals surface area contributed by atoms with Crippen molar-refractivity contribution in [1.82, 2.24) is 0 Å². The highest BCUT2D eigenvalue weighted by molar-refractivity contribution is 4.65. The molecule has 85 valence electrons. The van der Waals surface area contributed by atoms with Crippen LogP contribution in [0.5, 0.6) is 0 Å². The van der Waals surface area contributed by atoms with Crippen molar-refractivity contribution in [3.63, 3.8) is 0 Å². The van der Waals surface area contributed by atoms with Gasteiger partial charge in [0, 0.05) is 0 Å². The minimum absolute atomic E-state index is 0.223. The molecule has 1 atom stereocenters. The molecule has 2 nitrogen and oxygen atoms in total. The molecule has 0 heterocycles. The maximum Gasteiger partial charge on any atom is 0.125 e. The third kappa shape index (κ3) is 8.52. The van der Waals surface area contributed by atoms with Gasteiger partial charge in [-0.05, 0) is 33.1 Å². The Bertz CT molecular complexity index is 127. The molecule has 0 rings (SSSR count). The molecular weight excluding hydrogens is 176 g/mol. The molecule has 14 heavy (non-hydrogen) atoms. The summed E-state index contributed by atoms with van der Waals surface area (Å²) in [7, 11) is 0. The van der Waals surface area contributed by atoms with Crippen molar-refractivity contribution in [2.24, 2.45) is 5.92 Å². The monoisotopic (exact) mass is 201 g/mol. The Morgan fingerprint density at radius 1 is 1.21 bits per heavy atom. The van der Waals surface area contributed by atoms with E-state index in [1.54, 1.807) is 0 Å². The van der Waals surface area contributed by atoms with Crippen molar-refractivity contribution >= 4 is 0 Å². The molecule has 1 radical (unpaired) electrons. The Hall–Kier alpha value is -0.0800. The van der Waals surface area contributed by atoms with Crippen molar-refractivity contribution in [2.45, 2.75) is 65.9 Å². The smallest absolute Gasteiger partial charge is 0.125 e. The summed E-state index contributed by atoms with van der Waals surface area (Å²) in [5.41, 5.74) is -0.223. The largest absolute Gasteiger partial charge is 0.231 e. The van der Waals surface area contributed by atoms with Gasteiger partial charge in [0.2, 0.25) is 0 Å². The molecule has 0 saturated heterocycles. The predicted octanol–water partition coefficient (Wildman–Crippen LogP) is 4.11. The molecule has 0 aliphatic rings. The maximum absolute atomic E-state index is 5.19. The summed E-state index contributed by atoms with van der Waals surface area (Å²) in [5.74, 6) is 0.525. The fourth-order valence-corrected chi connectivity index (χ4v) is 1.09. The van der Waals surface area contributed by atoms with Gasteiger partial charge in [0.25, 0.3) is 0 Å². The molecule has 0 aliphatic carbocycles. The van der Waals surface area contributed by atoms with E-state index in [2.05, 4.69) is 13.8 Å². The lowest BCUT2D eigenvalue weighted by Crippen LogP contribution is -2.19. The van der Waals surface area contributed by atoms with E-state index in [0.29, 0.717) is 5.92 Å². The molecule has 0 aromatic rings. The molecule has 0 saturated carbocycles. The molecular formula is C12H25O2. The van der Waals surface area contributed by atoms with E-state index in [1.165, 1.54) is 19.3 Å². The zero-order valence-electron chi connectivity index (χ0n) is 10.3. The van der Waals surface area contributed by atoms with Crippen LogP contribution in [0.1, 0.15) is 60.3 Å². The highest BCUT2D eigenvalue weighted by Gasteiger charge is 2.13. The van der Waals surface area contributed by atoms with E-state index in [1.807, 2.05) is 27.4 Å². The molecule has 0 aromatic carbocycles. The molecule has 2 heteroatoms. The molecule has 0 spiro atoms. The van der Waals surface area contributed by atoms with Crippen LogP contribution >= 0.6 is 0 Å². The summed E-state index contributed by atoms with van der Waals surface area (Å²) in [5, 5.41) is 0. The molecule has 0 amide bonds. The van der Waals surface area contributed by atoms with Gasteiger partial charge in [0.05, 0.1) is 5.60 Å². The van der Waals surface area contributed by atoms with Crippen LogP contribution in [-0.4, -0.2) is 5.60 Å². The number of hydrogen-bond donors (Lipinski definition) is 0. The predicted molar refractivity (Wildman–Crippen MR) is 59.5 cm³/mol. The van der Waals surface area contributed by atoms with Crippen LogP contribution in [0.15, 0.2) is 0 Å². The van der Waals surface area contributed by atoms with Crippen molar-refractivity contribution in [2.75, 3.05) is 0 Å². The van der Waals surface area contributed by atoms with Crippen LogP contribution < -0.4 is 0 Å². The highest BCUT2D eigenvalue weighted by Crippen LogP contribution is 2.18. The van der Waals surface area contributed by atoms with Gasteiger partial charge in [0.1, 0.15) is 6.61 Å². The van der Waals surface area contributed by atoms with Gasteiger partial charge in [-0.2, -0.15) is 0 Å². The van der Waals surface area contributed by atoms with Crippen molar-refractivity contribution in [1.29, 1.82) is 0 Å². The van der Waals surface area contributed by atoms with E-state index in [4.69, 9.17) is 9.78 Å². The second-order valence-corrected chi connectivity index (χ2v) is 4.74. The first kappa shape index (κ1) is 13.9. The third-order valence-electron chi connectivity index (χ3n) is 2.00. The van der Waals surface area contributed by atoms with E-state index in [0.717, 1.165) is 6.42 Å². The summed E-state index contributed by atoms with van der Waals surface area (Å²) < 4.78 is 0. The normalized spacial score (nSPS) is 14.4. The van der Waals surface area contributed by atoms with Crippen LogP contribution in [-0.2, 0) is 9.78 Å². The summed E-state index contributed by atoms with van der Waals surface area (Å²) in [6, 6.07) is 0. The average molecular weight is 201 g/mol. The van der Waals surface area contributed by atoms with Gasteiger partial charge in [-0.1, -0.05) is 33.1 Å². The first-order valence-electron chi connectivity index (χ1n) is 5.67. The zero-order valence-corrected chi connectivity index (χ0v) is 10.3. The average Bonchev–Trinajstić information content (AvgIpc) is 2.09. The van der Waals surface area contributed by atoms with Crippen LogP contribution in [0.25, 0.3) is 0 Å². The summed E-state index contributed by atoms with van der Waals surface area (Å²) in [4.78, 5) is 10.3. The lowest BCUT2D eigenvalue weighted by molar-refractivity contribution is -0.331. The molecule has 1 unspecified atom stereocenters. The van der Waals surface area contributed by atoms with Gasteiger partial charge < -0.3 is 0 Å². The summed E-state index contributed by atoms with van der Waals surface area (Å²) in [6.45, 7) is 12.2. The number of hydrogen-bond acceptors (Lipinski definition) is 2. The van der Waals surface area contributed by atoms with E-state index in [-0.39, 0.29) is 5.60 Å². The van der Waals surface area contributed by atoms with Crippen LogP contribution in [0.2, 0.25) is 0 Å². The Morgan fingerprint density at radius 3 is 2.29 bits per heavy atom. The lowest BCUT2D eigenvalue weighted by Gasteiger charge is -2.20. The number of unbranched alkanes of at least 4 members (excludes halogenated alkanes) is 1. The molecule has 0 bridgehead atoms. The fraction of sp³-hybridized carbons (Fsp3) is 0.917. The van der Waals surface area contributed by atoms with Crippen LogP contribution in [0.4, 0.5) is 0 Å². The van der Waals surface area contributed by atoms with Crippen LogP contribution in [0.3, 0.4) is 0 Å². The van der Waals surface area contributed by atoms with E-state index < -0.39 is 0 Å². The molecule has 0 N–H and O–H groups in total. The molecule has 0 aromatic heterocycles. The standard InChI is InChI=1S/C12H25O2/c1-6-8-9-11(7-2)10-13-14-12(3,4)5/h10-11H,6-9H2,1-5H3. The first-order valence-corrected chi connectivity index (χ1v) is 5.67. The lowest BCUT2D eigenvalue weighted by atomic mass is 10.0.